The van der Waals surface area contributed by atoms with Crippen LogP contribution >= 0.6 is 11.3 Å². The number of carboxylic acids is 1. The molecule has 0 atom stereocenters. The van der Waals surface area contributed by atoms with Crippen molar-refractivity contribution in [3.05, 3.63) is 40.4 Å². The Kier molecular flexibility index (Phi) is 4.00. The number of benzene rings is 1. The number of carboxylic acid groups (broad SMARTS) is 1. The Hall–Kier alpha value is -1.68. The van der Waals surface area contributed by atoms with E-state index in [-0.39, 0.29) is 0 Å². The van der Waals surface area contributed by atoms with Gasteiger partial charge in [-0.2, -0.15) is 0 Å². The van der Waals surface area contributed by atoms with Gasteiger partial charge >= 0.3 is 5.97 Å². The van der Waals surface area contributed by atoms with Gasteiger partial charge in [0.2, 0.25) is 0 Å². The summed E-state index contributed by atoms with van der Waals surface area (Å²) in [5, 5.41) is 10.1. The number of hydrogen-bond acceptors (Lipinski definition) is 3. The molecule has 100 valence electrons. The Morgan fingerprint density at radius 1 is 1.42 bits per heavy atom. The zero-order valence-corrected chi connectivity index (χ0v) is 12.1. The molecule has 0 bridgehead atoms. The maximum Gasteiger partial charge on any atom is 0.347 e. The second kappa shape index (κ2) is 5.53. The van der Waals surface area contributed by atoms with Gasteiger partial charge in [0.1, 0.15) is 9.88 Å². The van der Waals surface area contributed by atoms with E-state index in [0.717, 1.165) is 16.1 Å². The second-order valence-corrected chi connectivity index (χ2v) is 6.07. The summed E-state index contributed by atoms with van der Waals surface area (Å²) in [6, 6.07) is 7.99. The molecule has 1 aromatic heterocycles. The fraction of sp³-hybridized carbons (Fsp3) is 0.333. The number of rotatable bonds is 4. The molecular formula is C15H17NO2S. The van der Waals surface area contributed by atoms with Crippen molar-refractivity contribution in [3.63, 3.8) is 0 Å². The molecule has 0 aliphatic rings. The molecule has 2 rings (SSSR count). The van der Waals surface area contributed by atoms with E-state index < -0.39 is 5.97 Å². The van der Waals surface area contributed by atoms with E-state index in [2.05, 4.69) is 18.8 Å². The number of thiazole rings is 1. The number of carbonyl (C=O) groups is 1. The lowest BCUT2D eigenvalue weighted by molar-refractivity contribution is 0.0700. The second-order valence-electron chi connectivity index (χ2n) is 5.07. The molecule has 0 radical (unpaired) electrons. The standard InChI is InChI=1S/C15H17NO2S/c1-9(2)7-12-13(15(17)18)19-14(16-12)11-6-4-5-10(3)8-11/h4-6,8-9H,7H2,1-3H3,(H,17,18). The number of aryl methyl sites for hydroxylation is 1. The smallest absolute Gasteiger partial charge is 0.347 e. The number of aromatic carboxylic acids is 1. The van der Waals surface area contributed by atoms with E-state index in [4.69, 9.17) is 0 Å². The molecule has 1 N–H and O–H groups in total. The molecule has 0 saturated heterocycles. The van der Waals surface area contributed by atoms with E-state index in [0.29, 0.717) is 22.9 Å². The summed E-state index contributed by atoms with van der Waals surface area (Å²) < 4.78 is 0. The summed E-state index contributed by atoms with van der Waals surface area (Å²) in [5.41, 5.74) is 2.83. The van der Waals surface area contributed by atoms with Crippen LogP contribution < -0.4 is 0 Å². The fourth-order valence-corrected chi connectivity index (χ4v) is 2.87. The summed E-state index contributed by atoms with van der Waals surface area (Å²) in [6.45, 7) is 6.15. The number of hydrogen-bond donors (Lipinski definition) is 1. The summed E-state index contributed by atoms with van der Waals surface area (Å²) in [7, 11) is 0. The van der Waals surface area contributed by atoms with Gasteiger partial charge in [-0.3, -0.25) is 0 Å². The van der Waals surface area contributed by atoms with Gasteiger partial charge in [0.25, 0.3) is 0 Å². The van der Waals surface area contributed by atoms with E-state index in [1.165, 1.54) is 11.3 Å². The first-order valence-corrected chi connectivity index (χ1v) is 7.09. The van der Waals surface area contributed by atoms with Crippen LogP contribution in [-0.2, 0) is 6.42 Å². The molecule has 0 aliphatic carbocycles. The average Bonchev–Trinajstić information content (AvgIpc) is 2.72. The van der Waals surface area contributed by atoms with Gasteiger partial charge in [0.05, 0.1) is 5.69 Å². The van der Waals surface area contributed by atoms with Crippen molar-refractivity contribution in [3.8, 4) is 10.6 Å². The molecule has 3 nitrogen and oxygen atoms in total. The molecule has 1 aromatic carbocycles. The Morgan fingerprint density at radius 3 is 2.74 bits per heavy atom. The minimum absolute atomic E-state index is 0.366. The van der Waals surface area contributed by atoms with E-state index in [1.54, 1.807) is 0 Å². The molecule has 19 heavy (non-hydrogen) atoms. The highest BCUT2D eigenvalue weighted by atomic mass is 32.1. The molecule has 1 heterocycles. The summed E-state index contributed by atoms with van der Waals surface area (Å²) in [5.74, 6) is -0.488. The van der Waals surface area contributed by atoms with Crippen LogP contribution in [0, 0.1) is 12.8 Å². The van der Waals surface area contributed by atoms with Gasteiger partial charge in [-0.15, -0.1) is 11.3 Å². The Labute approximate surface area is 116 Å². The van der Waals surface area contributed by atoms with Gasteiger partial charge < -0.3 is 5.11 Å². The zero-order chi connectivity index (χ0) is 14.0. The highest BCUT2D eigenvalue weighted by Gasteiger charge is 2.18. The third-order valence-electron chi connectivity index (χ3n) is 2.76. The van der Waals surface area contributed by atoms with Crippen molar-refractivity contribution >= 4 is 17.3 Å². The van der Waals surface area contributed by atoms with Gasteiger partial charge in [0.15, 0.2) is 0 Å². The lowest BCUT2D eigenvalue weighted by Crippen LogP contribution is -2.02. The van der Waals surface area contributed by atoms with Crippen LogP contribution in [0.4, 0.5) is 0 Å². The predicted octanol–water partition coefficient (Wildman–Crippen LogP) is 4.02. The maximum atomic E-state index is 11.3. The third-order valence-corrected chi connectivity index (χ3v) is 3.89. The minimum atomic E-state index is -0.882. The van der Waals surface area contributed by atoms with Crippen LogP contribution in [0.3, 0.4) is 0 Å². The van der Waals surface area contributed by atoms with Crippen LogP contribution in [0.15, 0.2) is 24.3 Å². The molecule has 0 saturated carbocycles. The minimum Gasteiger partial charge on any atom is -0.477 e. The average molecular weight is 275 g/mol. The first kappa shape index (κ1) is 13.7. The highest BCUT2D eigenvalue weighted by molar-refractivity contribution is 7.17. The largest absolute Gasteiger partial charge is 0.477 e. The van der Waals surface area contributed by atoms with Crippen molar-refractivity contribution in [2.75, 3.05) is 0 Å². The summed E-state index contributed by atoms with van der Waals surface area (Å²) >= 11 is 1.26. The lowest BCUT2D eigenvalue weighted by Gasteiger charge is -2.01. The molecular weight excluding hydrogens is 258 g/mol. The van der Waals surface area contributed by atoms with Crippen LogP contribution in [0.2, 0.25) is 0 Å². The van der Waals surface area contributed by atoms with Gasteiger partial charge in [-0.25, -0.2) is 9.78 Å². The normalized spacial score (nSPS) is 10.9. The Bertz CT molecular complexity index is 602. The molecule has 0 spiro atoms. The molecule has 0 fully saturated rings. The van der Waals surface area contributed by atoms with Gasteiger partial charge in [-0.1, -0.05) is 37.6 Å². The van der Waals surface area contributed by atoms with Crippen molar-refractivity contribution in [1.29, 1.82) is 0 Å². The lowest BCUT2D eigenvalue weighted by atomic mass is 10.1. The van der Waals surface area contributed by atoms with Crippen LogP contribution in [-0.4, -0.2) is 16.1 Å². The van der Waals surface area contributed by atoms with Crippen molar-refractivity contribution < 1.29 is 9.90 Å². The summed E-state index contributed by atoms with van der Waals surface area (Å²) in [6.07, 6.45) is 0.698. The molecule has 0 unspecified atom stereocenters. The fourth-order valence-electron chi connectivity index (χ4n) is 1.95. The van der Waals surface area contributed by atoms with Crippen molar-refractivity contribution in [2.45, 2.75) is 27.2 Å². The van der Waals surface area contributed by atoms with Crippen LogP contribution in [0.1, 0.15) is 34.8 Å². The first-order chi connectivity index (χ1) is 8.97. The number of aromatic nitrogens is 1. The van der Waals surface area contributed by atoms with Crippen molar-refractivity contribution in [2.24, 2.45) is 5.92 Å². The van der Waals surface area contributed by atoms with E-state index in [1.807, 2.05) is 31.2 Å². The number of nitrogens with zero attached hydrogens (tertiary/aromatic N) is 1. The topological polar surface area (TPSA) is 50.2 Å². The van der Waals surface area contributed by atoms with Gasteiger partial charge in [-0.05, 0) is 25.3 Å². The Balaban J connectivity index is 2.45. The van der Waals surface area contributed by atoms with Gasteiger partial charge in [0, 0.05) is 5.56 Å². The van der Waals surface area contributed by atoms with Crippen LogP contribution in [0.5, 0.6) is 0 Å². The predicted molar refractivity (Wildman–Crippen MR) is 77.8 cm³/mol. The highest BCUT2D eigenvalue weighted by Crippen LogP contribution is 2.29. The van der Waals surface area contributed by atoms with Crippen LogP contribution in [0.25, 0.3) is 10.6 Å². The van der Waals surface area contributed by atoms with E-state index >= 15 is 0 Å². The SMILES string of the molecule is Cc1cccc(-c2nc(CC(C)C)c(C(=O)O)s2)c1. The first-order valence-electron chi connectivity index (χ1n) is 6.27. The summed E-state index contributed by atoms with van der Waals surface area (Å²) in [4.78, 5) is 16.2. The molecule has 4 heteroatoms. The molecule has 0 aliphatic heterocycles. The molecule has 0 amide bonds. The monoisotopic (exact) mass is 275 g/mol. The third kappa shape index (κ3) is 3.20. The quantitative estimate of drug-likeness (QED) is 0.917. The van der Waals surface area contributed by atoms with Crippen molar-refractivity contribution in [1.82, 2.24) is 4.98 Å². The zero-order valence-electron chi connectivity index (χ0n) is 11.3. The maximum absolute atomic E-state index is 11.3. The molecule has 2 aromatic rings. The Morgan fingerprint density at radius 2 is 2.16 bits per heavy atom. The van der Waals surface area contributed by atoms with E-state index in [9.17, 15) is 9.90 Å².